The first kappa shape index (κ1) is 29.3. The molecule has 0 spiro atoms. The van der Waals surface area contributed by atoms with E-state index in [-0.39, 0.29) is 30.0 Å². The molecule has 1 fully saturated rings. The maximum Gasteiger partial charge on any atom is 0.218 e. The van der Waals surface area contributed by atoms with Crippen LogP contribution in [0.15, 0.2) is 14.7 Å². The molecular formula is C22H18F9NO3S2. The summed E-state index contributed by atoms with van der Waals surface area (Å²) in [5.41, 5.74) is -1.33. The van der Waals surface area contributed by atoms with E-state index in [1.54, 1.807) is 20.8 Å². The van der Waals surface area contributed by atoms with Crippen LogP contribution in [0.1, 0.15) is 33.6 Å². The van der Waals surface area contributed by atoms with Crippen molar-refractivity contribution in [2.75, 3.05) is 5.75 Å². The summed E-state index contributed by atoms with van der Waals surface area (Å²) < 4.78 is 153. The van der Waals surface area contributed by atoms with E-state index in [0.717, 1.165) is 0 Å². The molecule has 2 atom stereocenters. The normalized spacial score (nSPS) is 20.2. The number of thioether (sulfide) groups is 1. The van der Waals surface area contributed by atoms with Gasteiger partial charge >= 0.3 is 0 Å². The van der Waals surface area contributed by atoms with Gasteiger partial charge in [-0.05, 0) is 19.8 Å². The van der Waals surface area contributed by atoms with Crippen LogP contribution in [-0.4, -0.2) is 31.5 Å². The van der Waals surface area contributed by atoms with Crippen LogP contribution in [0.25, 0.3) is 0 Å². The fourth-order valence-electron chi connectivity index (χ4n) is 4.08. The average molecular weight is 580 g/mol. The standard InChI is InChI=1S/C22H18F9NO3S2/c1-7(2)21(33)22(5-4-8(3)32-22)6-36-18-12(26)16(30)20(17(31)13(18)27)37(34,35)19-14(28)10(24)9(23)11(25)15(19)29/h7-8,32H,4-6H2,1-3H3. The number of ketones is 1. The molecule has 1 saturated heterocycles. The highest BCUT2D eigenvalue weighted by molar-refractivity contribution is 7.99. The van der Waals surface area contributed by atoms with E-state index in [1.165, 1.54) is 0 Å². The van der Waals surface area contributed by atoms with Crippen LogP contribution < -0.4 is 5.32 Å². The monoisotopic (exact) mass is 579 g/mol. The summed E-state index contributed by atoms with van der Waals surface area (Å²) >= 11 is 0.148. The molecule has 0 bridgehead atoms. The van der Waals surface area contributed by atoms with E-state index < -0.39 is 94.1 Å². The van der Waals surface area contributed by atoms with Crippen molar-refractivity contribution in [3.63, 3.8) is 0 Å². The molecule has 0 radical (unpaired) electrons. The first-order valence-corrected chi connectivity index (χ1v) is 13.0. The second-order valence-corrected chi connectivity index (χ2v) is 11.6. The number of Topliss-reactive ketones (excluding diaryl/α,β-unsaturated/α-hetero) is 1. The van der Waals surface area contributed by atoms with Gasteiger partial charge in [0.15, 0.2) is 52.3 Å². The Hall–Kier alpha value is -2.26. The molecule has 2 aromatic rings. The Morgan fingerprint density at radius 2 is 1.24 bits per heavy atom. The second kappa shape index (κ2) is 10.1. The number of hydrogen-bond acceptors (Lipinski definition) is 5. The lowest BCUT2D eigenvalue weighted by molar-refractivity contribution is -0.127. The zero-order chi connectivity index (χ0) is 28.2. The van der Waals surface area contributed by atoms with Gasteiger partial charge in [-0.1, -0.05) is 13.8 Å². The number of rotatable bonds is 7. The summed E-state index contributed by atoms with van der Waals surface area (Å²) in [4.78, 5) is 6.11. The molecule has 15 heteroatoms. The van der Waals surface area contributed by atoms with Crippen molar-refractivity contribution < 1.29 is 52.7 Å². The fraction of sp³-hybridized carbons (Fsp3) is 0.409. The molecular weight excluding hydrogens is 561 g/mol. The van der Waals surface area contributed by atoms with Gasteiger partial charge in [-0.25, -0.2) is 47.9 Å². The first-order valence-electron chi connectivity index (χ1n) is 10.6. The molecule has 2 aromatic carbocycles. The van der Waals surface area contributed by atoms with Crippen molar-refractivity contribution in [2.45, 2.75) is 59.9 Å². The fourth-order valence-corrected chi connectivity index (χ4v) is 6.78. The van der Waals surface area contributed by atoms with Gasteiger partial charge in [0.05, 0.1) is 10.4 Å². The largest absolute Gasteiger partial charge is 0.302 e. The van der Waals surface area contributed by atoms with E-state index in [4.69, 9.17) is 0 Å². The Morgan fingerprint density at radius 3 is 1.62 bits per heavy atom. The molecule has 0 amide bonds. The Balaban J connectivity index is 2.14. The third-order valence-electron chi connectivity index (χ3n) is 5.88. The molecule has 0 aromatic heterocycles. The average Bonchev–Trinajstić information content (AvgIpc) is 3.21. The van der Waals surface area contributed by atoms with Gasteiger partial charge in [0, 0.05) is 17.7 Å². The zero-order valence-corrected chi connectivity index (χ0v) is 20.9. The van der Waals surface area contributed by atoms with Crippen molar-refractivity contribution in [3.05, 3.63) is 52.4 Å². The zero-order valence-electron chi connectivity index (χ0n) is 19.2. The van der Waals surface area contributed by atoms with Crippen molar-refractivity contribution in [2.24, 2.45) is 5.92 Å². The molecule has 1 aliphatic rings. The van der Waals surface area contributed by atoms with Gasteiger partial charge in [0.2, 0.25) is 15.7 Å². The summed E-state index contributed by atoms with van der Waals surface area (Å²) in [6.07, 6.45) is 0.713. The number of carbonyl (C=O) groups is 1. The molecule has 0 saturated carbocycles. The Morgan fingerprint density at radius 1 is 0.838 bits per heavy atom. The Labute approximate surface area is 209 Å². The van der Waals surface area contributed by atoms with E-state index >= 15 is 0 Å². The molecule has 204 valence electrons. The van der Waals surface area contributed by atoms with Gasteiger partial charge in [-0.15, -0.1) is 11.8 Å². The molecule has 1 heterocycles. The van der Waals surface area contributed by atoms with Gasteiger partial charge in [0.25, 0.3) is 0 Å². The maximum atomic E-state index is 14.8. The predicted octanol–water partition coefficient (Wildman–Crippen LogP) is 5.60. The first-order chi connectivity index (χ1) is 17.0. The quantitative estimate of drug-likeness (QED) is 0.152. The van der Waals surface area contributed by atoms with Gasteiger partial charge in [0.1, 0.15) is 9.79 Å². The highest BCUT2D eigenvalue weighted by Gasteiger charge is 2.45. The molecule has 3 rings (SSSR count). The lowest BCUT2D eigenvalue weighted by atomic mass is 9.87. The smallest absolute Gasteiger partial charge is 0.218 e. The summed E-state index contributed by atoms with van der Waals surface area (Å²) in [6, 6.07) is -0.180. The number of nitrogens with one attached hydrogen (secondary N) is 1. The van der Waals surface area contributed by atoms with E-state index in [9.17, 15) is 52.7 Å². The summed E-state index contributed by atoms with van der Waals surface area (Å²) in [5.74, 6) is -25.5. The number of carbonyl (C=O) groups excluding carboxylic acids is 1. The Bertz CT molecular complexity index is 1340. The van der Waals surface area contributed by atoms with Crippen molar-refractivity contribution in [1.29, 1.82) is 0 Å². The van der Waals surface area contributed by atoms with Crippen molar-refractivity contribution in [1.82, 2.24) is 5.32 Å². The van der Waals surface area contributed by atoms with E-state index in [2.05, 4.69) is 5.32 Å². The topological polar surface area (TPSA) is 63.2 Å². The molecule has 1 aliphatic heterocycles. The Kier molecular flexibility index (Phi) is 8.02. The van der Waals surface area contributed by atoms with Crippen molar-refractivity contribution >= 4 is 27.4 Å². The molecule has 37 heavy (non-hydrogen) atoms. The second-order valence-electron chi connectivity index (χ2n) is 8.79. The minimum Gasteiger partial charge on any atom is -0.302 e. The third kappa shape index (κ3) is 4.73. The minimum absolute atomic E-state index is 0.148. The van der Waals surface area contributed by atoms with Crippen LogP contribution >= 0.6 is 11.8 Å². The van der Waals surface area contributed by atoms with Crippen LogP contribution in [0.2, 0.25) is 0 Å². The molecule has 1 N–H and O–H groups in total. The number of benzene rings is 2. The van der Waals surface area contributed by atoms with Crippen LogP contribution in [0, 0.1) is 58.3 Å². The van der Waals surface area contributed by atoms with Crippen molar-refractivity contribution in [3.8, 4) is 0 Å². The molecule has 4 nitrogen and oxygen atoms in total. The highest BCUT2D eigenvalue weighted by Crippen LogP contribution is 2.40. The van der Waals surface area contributed by atoms with E-state index in [0.29, 0.717) is 6.42 Å². The maximum absolute atomic E-state index is 14.8. The number of sulfone groups is 1. The third-order valence-corrected chi connectivity index (χ3v) is 8.95. The van der Waals surface area contributed by atoms with Gasteiger partial charge in [-0.3, -0.25) is 4.79 Å². The SMILES string of the molecule is CC1CCC(CSc2c(F)c(F)c(S(=O)(=O)c3c(F)c(F)c(F)c(F)c3F)c(F)c2F)(C(=O)C(C)C)N1. The summed E-state index contributed by atoms with van der Waals surface area (Å²) in [7, 11) is -6.36. The van der Waals surface area contributed by atoms with Crippen LogP contribution in [0.4, 0.5) is 39.5 Å². The minimum atomic E-state index is -6.36. The van der Waals surface area contributed by atoms with Gasteiger partial charge in [-0.2, -0.15) is 0 Å². The van der Waals surface area contributed by atoms with Crippen LogP contribution in [-0.2, 0) is 14.6 Å². The highest BCUT2D eigenvalue weighted by atomic mass is 32.2. The van der Waals surface area contributed by atoms with Gasteiger partial charge < -0.3 is 5.32 Å². The molecule has 2 unspecified atom stereocenters. The molecule has 0 aliphatic carbocycles. The van der Waals surface area contributed by atoms with Crippen LogP contribution in [0.5, 0.6) is 0 Å². The van der Waals surface area contributed by atoms with Crippen LogP contribution in [0.3, 0.4) is 0 Å². The number of hydrogen-bond donors (Lipinski definition) is 1. The predicted molar refractivity (Wildman–Crippen MR) is 113 cm³/mol. The lowest BCUT2D eigenvalue weighted by Crippen LogP contribution is -2.53. The summed E-state index contributed by atoms with van der Waals surface area (Å²) in [6.45, 7) is 4.87. The summed E-state index contributed by atoms with van der Waals surface area (Å²) in [5, 5.41) is 2.99. The van der Waals surface area contributed by atoms with E-state index in [1.807, 2.05) is 0 Å². The number of halogens is 9. The lowest BCUT2D eigenvalue weighted by Gasteiger charge is -2.30.